The van der Waals surface area contributed by atoms with Gasteiger partial charge in [0.15, 0.2) is 5.65 Å². The Balaban J connectivity index is 1.81. The van der Waals surface area contributed by atoms with Crippen molar-refractivity contribution in [3.05, 3.63) is 65.8 Å². The smallest absolute Gasteiger partial charge is 0.226 e. The first-order valence-electron chi connectivity index (χ1n) is 8.86. The van der Waals surface area contributed by atoms with Crippen LogP contribution in [0.15, 0.2) is 60.8 Å². The second kappa shape index (κ2) is 7.84. The summed E-state index contributed by atoms with van der Waals surface area (Å²) in [5.41, 5.74) is 2.35. The van der Waals surface area contributed by atoms with E-state index in [9.17, 15) is 5.11 Å². The van der Waals surface area contributed by atoms with Gasteiger partial charge in [-0.3, -0.25) is 0 Å². The van der Waals surface area contributed by atoms with Gasteiger partial charge in [0.2, 0.25) is 5.95 Å². The van der Waals surface area contributed by atoms with Gasteiger partial charge < -0.3 is 15.7 Å². The van der Waals surface area contributed by atoms with Crippen LogP contribution in [0.1, 0.15) is 6.92 Å². The number of nitrogens with one attached hydrogen (secondary N) is 2. The molecule has 8 heteroatoms. The van der Waals surface area contributed by atoms with Crippen LogP contribution in [0.4, 0.5) is 17.5 Å². The van der Waals surface area contributed by atoms with Crippen LogP contribution in [-0.4, -0.2) is 37.5 Å². The van der Waals surface area contributed by atoms with Gasteiger partial charge in [-0.05, 0) is 37.3 Å². The highest BCUT2D eigenvalue weighted by Crippen LogP contribution is 2.27. The molecule has 4 aromatic rings. The summed E-state index contributed by atoms with van der Waals surface area (Å²) in [7, 11) is 0. The molecule has 0 aliphatic carbocycles. The molecule has 2 aromatic carbocycles. The lowest BCUT2D eigenvalue weighted by Crippen LogP contribution is -2.17. The van der Waals surface area contributed by atoms with E-state index in [0.717, 1.165) is 16.8 Å². The second-order valence-corrected chi connectivity index (χ2v) is 6.83. The molecule has 0 amide bonds. The van der Waals surface area contributed by atoms with Crippen molar-refractivity contribution >= 4 is 40.1 Å². The third-order valence-electron chi connectivity index (χ3n) is 4.07. The summed E-state index contributed by atoms with van der Waals surface area (Å²) < 4.78 is 1.76. The Hall–Kier alpha value is -3.16. The maximum absolute atomic E-state index is 9.59. The SMILES string of the molecule is C[C@H](O)CNc1nc(Nc2cccc(Cl)c2)c2cnn(-c3ccccc3)c2n1. The van der Waals surface area contributed by atoms with Gasteiger partial charge in [-0.15, -0.1) is 0 Å². The van der Waals surface area contributed by atoms with Crippen molar-refractivity contribution in [1.82, 2.24) is 19.7 Å². The van der Waals surface area contributed by atoms with Crippen LogP contribution in [-0.2, 0) is 0 Å². The minimum atomic E-state index is -0.525. The van der Waals surface area contributed by atoms with Crippen LogP contribution >= 0.6 is 11.6 Å². The van der Waals surface area contributed by atoms with Gasteiger partial charge in [-0.2, -0.15) is 15.1 Å². The summed E-state index contributed by atoms with van der Waals surface area (Å²) in [5, 5.41) is 21.8. The first kappa shape index (κ1) is 18.2. The van der Waals surface area contributed by atoms with Crippen LogP contribution < -0.4 is 10.6 Å². The number of aliphatic hydroxyl groups is 1. The molecule has 0 saturated heterocycles. The van der Waals surface area contributed by atoms with Gasteiger partial charge in [-0.1, -0.05) is 35.9 Å². The Kier molecular flexibility index (Phi) is 5.10. The standard InChI is InChI=1S/C20H19ClN6O/c1-13(28)11-22-20-25-18(24-15-7-5-6-14(21)10-15)17-12-23-27(19(17)26-20)16-8-3-2-4-9-16/h2-10,12-13,28H,11H2,1H3,(H2,22,24,25,26)/t13-/m0/s1. The van der Waals surface area contributed by atoms with E-state index in [2.05, 4.69) is 25.7 Å². The Labute approximate surface area is 167 Å². The fraction of sp³-hybridized carbons (Fsp3) is 0.150. The molecule has 0 aliphatic heterocycles. The normalized spacial score (nSPS) is 12.1. The van der Waals surface area contributed by atoms with E-state index in [1.165, 1.54) is 0 Å². The van der Waals surface area contributed by atoms with Crippen LogP contribution in [0.3, 0.4) is 0 Å². The first-order valence-corrected chi connectivity index (χ1v) is 9.23. The molecular weight excluding hydrogens is 376 g/mol. The lowest BCUT2D eigenvalue weighted by Gasteiger charge is -2.12. The zero-order valence-electron chi connectivity index (χ0n) is 15.2. The van der Waals surface area contributed by atoms with Crippen molar-refractivity contribution in [3.8, 4) is 5.69 Å². The molecule has 0 saturated carbocycles. The monoisotopic (exact) mass is 394 g/mol. The molecule has 3 N–H and O–H groups in total. The molecule has 0 aliphatic rings. The number of hydrogen-bond acceptors (Lipinski definition) is 6. The summed E-state index contributed by atoms with van der Waals surface area (Å²) in [6.07, 6.45) is 1.20. The zero-order valence-corrected chi connectivity index (χ0v) is 15.9. The largest absolute Gasteiger partial charge is 0.392 e. The van der Waals surface area contributed by atoms with Crippen LogP contribution in [0.2, 0.25) is 5.02 Å². The van der Waals surface area contributed by atoms with E-state index in [-0.39, 0.29) is 0 Å². The zero-order chi connectivity index (χ0) is 19.5. The van der Waals surface area contributed by atoms with Gasteiger partial charge in [0.1, 0.15) is 5.82 Å². The minimum Gasteiger partial charge on any atom is -0.392 e. The van der Waals surface area contributed by atoms with Gasteiger partial charge in [0.05, 0.1) is 23.4 Å². The Morgan fingerprint density at radius 1 is 1.11 bits per heavy atom. The molecule has 2 heterocycles. The van der Waals surface area contributed by atoms with E-state index >= 15 is 0 Å². The number of rotatable bonds is 6. The molecule has 0 unspecified atom stereocenters. The fourth-order valence-corrected chi connectivity index (χ4v) is 2.97. The lowest BCUT2D eigenvalue weighted by atomic mass is 10.3. The van der Waals surface area contributed by atoms with Gasteiger partial charge in [0.25, 0.3) is 0 Å². The van der Waals surface area contributed by atoms with Crippen LogP contribution in [0.25, 0.3) is 16.7 Å². The molecule has 0 spiro atoms. The second-order valence-electron chi connectivity index (χ2n) is 6.39. The number of fused-ring (bicyclic) bond motifs is 1. The average Bonchev–Trinajstić information content (AvgIpc) is 3.11. The molecule has 28 heavy (non-hydrogen) atoms. The summed E-state index contributed by atoms with van der Waals surface area (Å²) >= 11 is 6.10. The summed E-state index contributed by atoms with van der Waals surface area (Å²) in [6.45, 7) is 2.03. The maximum atomic E-state index is 9.59. The highest BCUT2D eigenvalue weighted by atomic mass is 35.5. The fourth-order valence-electron chi connectivity index (χ4n) is 2.78. The number of halogens is 1. The minimum absolute atomic E-state index is 0.335. The summed E-state index contributed by atoms with van der Waals surface area (Å²) in [6, 6.07) is 17.2. The number of aliphatic hydroxyl groups excluding tert-OH is 1. The van der Waals surface area contributed by atoms with Crippen LogP contribution in [0, 0.1) is 0 Å². The van der Waals surface area contributed by atoms with E-state index < -0.39 is 6.10 Å². The third-order valence-corrected chi connectivity index (χ3v) is 4.31. The van der Waals surface area contributed by atoms with Crippen molar-refractivity contribution in [1.29, 1.82) is 0 Å². The molecule has 2 aromatic heterocycles. The predicted octanol–water partition coefficient (Wildman–Crippen LogP) is 4.01. The Bertz CT molecular complexity index is 1100. The third kappa shape index (κ3) is 3.90. The molecule has 1 atom stereocenters. The highest BCUT2D eigenvalue weighted by Gasteiger charge is 2.15. The van der Waals surface area contributed by atoms with Gasteiger partial charge in [0, 0.05) is 17.3 Å². The number of anilines is 3. The average molecular weight is 395 g/mol. The van der Waals surface area contributed by atoms with Gasteiger partial charge in [-0.25, -0.2) is 4.68 Å². The molecular formula is C20H19ClN6O. The number of hydrogen-bond donors (Lipinski definition) is 3. The van der Waals surface area contributed by atoms with E-state index in [4.69, 9.17) is 11.6 Å². The number of nitrogens with zero attached hydrogens (tertiary/aromatic N) is 4. The Morgan fingerprint density at radius 3 is 2.68 bits per heavy atom. The number of para-hydroxylation sites is 1. The molecule has 4 rings (SSSR count). The molecule has 142 valence electrons. The Morgan fingerprint density at radius 2 is 1.93 bits per heavy atom. The van der Waals surface area contributed by atoms with E-state index in [1.54, 1.807) is 17.8 Å². The molecule has 7 nitrogen and oxygen atoms in total. The van der Waals surface area contributed by atoms with Crippen molar-refractivity contribution in [2.75, 3.05) is 17.2 Å². The van der Waals surface area contributed by atoms with Gasteiger partial charge >= 0.3 is 0 Å². The van der Waals surface area contributed by atoms with E-state index in [0.29, 0.717) is 29.0 Å². The molecule has 0 bridgehead atoms. The van der Waals surface area contributed by atoms with Crippen molar-refractivity contribution in [3.63, 3.8) is 0 Å². The van der Waals surface area contributed by atoms with Crippen molar-refractivity contribution in [2.45, 2.75) is 13.0 Å². The van der Waals surface area contributed by atoms with E-state index in [1.807, 2.05) is 54.6 Å². The van der Waals surface area contributed by atoms with Crippen molar-refractivity contribution in [2.24, 2.45) is 0 Å². The predicted molar refractivity (Wildman–Crippen MR) is 112 cm³/mol. The van der Waals surface area contributed by atoms with Crippen molar-refractivity contribution < 1.29 is 5.11 Å². The summed E-state index contributed by atoms with van der Waals surface area (Å²) in [5.74, 6) is 0.998. The molecule has 0 radical (unpaired) electrons. The number of aromatic nitrogens is 4. The molecule has 0 fully saturated rings. The highest BCUT2D eigenvalue weighted by molar-refractivity contribution is 6.30. The maximum Gasteiger partial charge on any atom is 0.226 e. The lowest BCUT2D eigenvalue weighted by molar-refractivity contribution is 0.208. The number of benzene rings is 2. The quantitative estimate of drug-likeness (QED) is 0.458. The van der Waals surface area contributed by atoms with Crippen LogP contribution in [0.5, 0.6) is 0 Å². The summed E-state index contributed by atoms with van der Waals surface area (Å²) in [4.78, 5) is 9.17. The topological polar surface area (TPSA) is 87.9 Å². The first-order chi connectivity index (χ1) is 13.6.